The smallest absolute Gasteiger partial charge is 0.339 e. The fraction of sp³-hybridized carbons (Fsp3) is 0.667. The van der Waals surface area contributed by atoms with Gasteiger partial charge in [-0.1, -0.05) is 33.6 Å². The van der Waals surface area contributed by atoms with Crippen LogP contribution in [0.2, 0.25) is 0 Å². The minimum Gasteiger partial charge on any atom is -0.478 e. The molecule has 1 aromatic heterocycles. The molecular weight excluding hydrogens is 240 g/mol. The maximum atomic E-state index is 11.2. The number of nitrogens with zero attached hydrogens (tertiary/aromatic N) is 2. The highest BCUT2D eigenvalue weighted by Gasteiger charge is 2.24. The highest BCUT2D eigenvalue weighted by molar-refractivity contribution is 5.88. The Bertz CT molecular complexity index is 471. The summed E-state index contributed by atoms with van der Waals surface area (Å²) in [6.07, 6.45) is 6.21. The summed E-state index contributed by atoms with van der Waals surface area (Å²) in [5, 5.41) is 9.18. The van der Waals surface area contributed by atoms with Gasteiger partial charge in [0.15, 0.2) is 0 Å². The van der Waals surface area contributed by atoms with Crippen LogP contribution in [0.5, 0.6) is 0 Å². The van der Waals surface area contributed by atoms with E-state index >= 15 is 0 Å². The Labute approximate surface area is 114 Å². The van der Waals surface area contributed by atoms with Gasteiger partial charge in [-0.25, -0.2) is 14.8 Å². The normalized spacial score (nSPS) is 23.6. The molecule has 0 amide bonds. The van der Waals surface area contributed by atoms with Crippen LogP contribution in [-0.4, -0.2) is 21.0 Å². The topological polar surface area (TPSA) is 63.1 Å². The molecule has 0 saturated heterocycles. The van der Waals surface area contributed by atoms with Crippen molar-refractivity contribution in [2.75, 3.05) is 0 Å². The molecule has 4 heteroatoms. The zero-order chi connectivity index (χ0) is 14.0. The highest BCUT2D eigenvalue weighted by Crippen LogP contribution is 2.34. The molecular formula is C15H22N2O2. The van der Waals surface area contributed by atoms with E-state index in [0.717, 1.165) is 18.7 Å². The van der Waals surface area contributed by atoms with Crippen molar-refractivity contribution in [3.8, 4) is 0 Å². The molecule has 2 rings (SSSR count). The molecule has 0 aliphatic heterocycles. The van der Waals surface area contributed by atoms with Gasteiger partial charge in [0, 0.05) is 12.1 Å². The van der Waals surface area contributed by atoms with E-state index in [9.17, 15) is 9.90 Å². The van der Waals surface area contributed by atoms with Crippen LogP contribution < -0.4 is 0 Å². The molecule has 0 bridgehead atoms. The summed E-state index contributed by atoms with van der Waals surface area (Å²) >= 11 is 0. The van der Waals surface area contributed by atoms with Gasteiger partial charge < -0.3 is 5.11 Å². The van der Waals surface area contributed by atoms with Crippen molar-refractivity contribution in [1.82, 2.24) is 9.97 Å². The van der Waals surface area contributed by atoms with E-state index in [0.29, 0.717) is 17.5 Å². The third kappa shape index (κ3) is 3.11. The van der Waals surface area contributed by atoms with Crippen LogP contribution in [0.15, 0.2) is 6.20 Å². The number of hydrogen-bond acceptors (Lipinski definition) is 3. The molecule has 2 unspecified atom stereocenters. The Morgan fingerprint density at radius 2 is 2.16 bits per heavy atom. The lowest BCUT2D eigenvalue weighted by Gasteiger charge is -2.26. The Morgan fingerprint density at radius 1 is 1.42 bits per heavy atom. The number of carboxylic acid groups (broad SMARTS) is 1. The molecule has 104 valence electrons. The van der Waals surface area contributed by atoms with Crippen molar-refractivity contribution in [2.45, 2.75) is 58.3 Å². The zero-order valence-corrected chi connectivity index (χ0v) is 11.9. The first-order chi connectivity index (χ1) is 8.99. The molecule has 1 fully saturated rings. The van der Waals surface area contributed by atoms with Crippen LogP contribution in [-0.2, 0) is 0 Å². The summed E-state index contributed by atoms with van der Waals surface area (Å²) < 4.78 is 0. The van der Waals surface area contributed by atoms with Crippen molar-refractivity contribution in [3.05, 3.63) is 23.3 Å². The lowest BCUT2D eigenvalue weighted by atomic mass is 9.82. The van der Waals surface area contributed by atoms with Gasteiger partial charge >= 0.3 is 5.97 Å². The predicted octanol–water partition coefficient (Wildman–Crippen LogP) is 3.59. The van der Waals surface area contributed by atoms with E-state index in [1.165, 1.54) is 19.0 Å². The number of aromatic nitrogens is 2. The second kappa shape index (κ2) is 5.68. The van der Waals surface area contributed by atoms with Crippen molar-refractivity contribution < 1.29 is 9.90 Å². The first-order valence-electron chi connectivity index (χ1n) is 7.09. The Hall–Kier alpha value is -1.45. The van der Waals surface area contributed by atoms with Crippen molar-refractivity contribution in [2.24, 2.45) is 5.92 Å². The fourth-order valence-corrected chi connectivity index (χ4v) is 2.88. The monoisotopic (exact) mass is 262 g/mol. The van der Waals surface area contributed by atoms with Gasteiger partial charge in [-0.15, -0.1) is 0 Å². The number of hydrogen-bond donors (Lipinski definition) is 1. The first kappa shape index (κ1) is 14.0. The summed E-state index contributed by atoms with van der Waals surface area (Å²) in [6, 6.07) is 0. The largest absolute Gasteiger partial charge is 0.478 e. The van der Waals surface area contributed by atoms with Crippen molar-refractivity contribution in [3.63, 3.8) is 0 Å². The van der Waals surface area contributed by atoms with Crippen LogP contribution >= 0.6 is 0 Å². The second-order valence-electron chi connectivity index (χ2n) is 5.96. The number of carbonyl (C=O) groups is 1. The SMILES string of the molecule is CC1CCCC(c2ncc(C(=O)O)c(C(C)C)n2)C1. The second-order valence-corrected chi connectivity index (χ2v) is 5.96. The average Bonchev–Trinajstić information content (AvgIpc) is 2.37. The van der Waals surface area contributed by atoms with Crippen molar-refractivity contribution >= 4 is 5.97 Å². The molecule has 1 heterocycles. The van der Waals surface area contributed by atoms with Gasteiger partial charge in [0.1, 0.15) is 5.82 Å². The van der Waals surface area contributed by atoms with Crippen LogP contribution in [0.4, 0.5) is 0 Å². The molecule has 1 aliphatic rings. The third-order valence-electron chi connectivity index (χ3n) is 3.92. The maximum absolute atomic E-state index is 11.2. The Kier molecular flexibility index (Phi) is 4.17. The van der Waals surface area contributed by atoms with Gasteiger partial charge in [0.05, 0.1) is 11.3 Å². The van der Waals surface area contributed by atoms with Crippen LogP contribution in [0, 0.1) is 5.92 Å². The lowest BCUT2D eigenvalue weighted by molar-refractivity contribution is 0.0694. The quantitative estimate of drug-likeness (QED) is 0.904. The minimum atomic E-state index is -0.938. The first-order valence-corrected chi connectivity index (χ1v) is 7.09. The number of rotatable bonds is 3. The number of carboxylic acids is 1. The average molecular weight is 262 g/mol. The number of aromatic carboxylic acids is 1. The van der Waals surface area contributed by atoms with E-state index in [2.05, 4.69) is 16.9 Å². The van der Waals surface area contributed by atoms with Gasteiger partial charge in [0.2, 0.25) is 0 Å². The van der Waals surface area contributed by atoms with Gasteiger partial charge in [0.25, 0.3) is 0 Å². The molecule has 4 nitrogen and oxygen atoms in total. The molecule has 0 radical (unpaired) electrons. The molecule has 1 aromatic rings. The molecule has 2 atom stereocenters. The summed E-state index contributed by atoms with van der Waals surface area (Å²) in [5.41, 5.74) is 0.901. The van der Waals surface area contributed by atoms with Crippen LogP contribution in [0.25, 0.3) is 0 Å². The molecule has 0 spiro atoms. The summed E-state index contributed by atoms with van der Waals surface area (Å²) in [6.45, 7) is 6.21. The van der Waals surface area contributed by atoms with Gasteiger partial charge in [-0.05, 0) is 24.7 Å². The van der Waals surface area contributed by atoms with Crippen LogP contribution in [0.3, 0.4) is 0 Å². The van der Waals surface area contributed by atoms with E-state index in [4.69, 9.17) is 0 Å². The summed E-state index contributed by atoms with van der Waals surface area (Å²) in [7, 11) is 0. The molecule has 1 aliphatic carbocycles. The van der Waals surface area contributed by atoms with E-state index < -0.39 is 5.97 Å². The molecule has 1 saturated carbocycles. The van der Waals surface area contributed by atoms with Crippen molar-refractivity contribution in [1.29, 1.82) is 0 Å². The minimum absolute atomic E-state index is 0.105. The standard InChI is InChI=1S/C15H22N2O2/c1-9(2)13-12(15(18)19)8-16-14(17-13)11-6-4-5-10(3)7-11/h8-11H,4-7H2,1-3H3,(H,18,19). The Balaban J connectivity index is 2.32. The van der Waals surface area contributed by atoms with E-state index in [1.54, 1.807) is 0 Å². The Morgan fingerprint density at radius 3 is 2.74 bits per heavy atom. The predicted molar refractivity (Wildman–Crippen MR) is 73.5 cm³/mol. The highest BCUT2D eigenvalue weighted by atomic mass is 16.4. The summed E-state index contributed by atoms with van der Waals surface area (Å²) in [4.78, 5) is 20.1. The van der Waals surface area contributed by atoms with Gasteiger partial charge in [-0.3, -0.25) is 0 Å². The summed E-state index contributed by atoms with van der Waals surface area (Å²) in [5.74, 6) is 1.11. The fourth-order valence-electron chi connectivity index (χ4n) is 2.88. The maximum Gasteiger partial charge on any atom is 0.339 e. The molecule has 19 heavy (non-hydrogen) atoms. The molecule has 0 aromatic carbocycles. The molecule has 1 N–H and O–H groups in total. The van der Waals surface area contributed by atoms with Gasteiger partial charge in [-0.2, -0.15) is 0 Å². The van der Waals surface area contributed by atoms with E-state index in [1.807, 2.05) is 13.8 Å². The van der Waals surface area contributed by atoms with E-state index in [-0.39, 0.29) is 11.5 Å². The lowest BCUT2D eigenvalue weighted by Crippen LogP contribution is -2.17. The van der Waals surface area contributed by atoms with Crippen LogP contribution in [0.1, 0.15) is 80.2 Å². The zero-order valence-electron chi connectivity index (χ0n) is 11.9. The third-order valence-corrected chi connectivity index (χ3v) is 3.92.